The van der Waals surface area contributed by atoms with Gasteiger partial charge in [-0.15, -0.1) is 0 Å². The van der Waals surface area contributed by atoms with Crippen molar-refractivity contribution in [2.75, 3.05) is 9.80 Å². The molecule has 588 valence electrons. The topological polar surface area (TPSA) is 16.3 Å². The van der Waals surface area contributed by atoms with Crippen LogP contribution in [0.3, 0.4) is 0 Å². The largest absolute Gasteiger partial charge is 0.310 e. The number of para-hydroxylation sites is 8. The molecule has 22 aromatic rings. The van der Waals surface area contributed by atoms with Crippen molar-refractivity contribution in [1.29, 1.82) is 0 Å². The molecule has 0 N–H and O–H groups in total. The second-order valence-electron chi connectivity index (χ2n) is 33.6. The number of benzene rings is 20. The Hall–Kier alpha value is -16.4. The summed E-state index contributed by atoms with van der Waals surface area (Å²) in [5.41, 5.74) is 42.8. The molecule has 20 aromatic carbocycles. The zero-order valence-corrected chi connectivity index (χ0v) is 69.0. The summed E-state index contributed by atoms with van der Waals surface area (Å²) >= 11 is 0. The van der Waals surface area contributed by atoms with Crippen molar-refractivity contribution in [3.05, 3.63) is 530 Å². The molecule has 0 saturated carbocycles. The van der Waals surface area contributed by atoms with E-state index in [1.165, 1.54) is 166 Å². The highest BCUT2D eigenvalue weighted by atomic mass is 15.2. The SMILES string of the molecule is c1ccc(-c2ccc(-c3ccccc3N(c3cc4c5c(c3)c3ccccc3n5-c3ccccc3C43c4ccccc4-c4ccccc43)c3ccccc3-c3ccc(-c4ccccc4)cc3)cc2)cc1.c1ccc(-c2ccc(-c3ccccc3N(c3ccccc3)c3cc4c5c(c3)c3ccccc3n5-c3ccccc3C43c4ccccc4-c4ccccc43)cc2)cc1. The fourth-order valence-electron chi connectivity index (χ4n) is 22.0. The zero-order chi connectivity index (χ0) is 83.0. The molecule has 26 rings (SSSR count). The van der Waals surface area contributed by atoms with Crippen LogP contribution in [0.25, 0.3) is 144 Å². The van der Waals surface area contributed by atoms with E-state index in [9.17, 15) is 0 Å². The van der Waals surface area contributed by atoms with Crippen LogP contribution in [0.1, 0.15) is 44.5 Å². The summed E-state index contributed by atoms with van der Waals surface area (Å²) in [6.07, 6.45) is 0. The van der Waals surface area contributed by atoms with E-state index in [0.29, 0.717) is 0 Å². The molecule has 2 aromatic heterocycles. The Balaban J connectivity index is 0.000000140. The predicted octanol–water partition coefficient (Wildman–Crippen LogP) is 31.9. The maximum absolute atomic E-state index is 2.55. The number of fused-ring (bicyclic) bond motifs is 24. The minimum absolute atomic E-state index is 0.530. The van der Waals surface area contributed by atoms with Gasteiger partial charge in [-0.3, -0.25) is 0 Å². The van der Waals surface area contributed by atoms with Gasteiger partial charge < -0.3 is 18.9 Å². The van der Waals surface area contributed by atoms with E-state index in [0.717, 1.165) is 56.4 Å². The van der Waals surface area contributed by atoms with Crippen molar-refractivity contribution in [2.45, 2.75) is 10.8 Å². The van der Waals surface area contributed by atoms with E-state index in [-0.39, 0.29) is 0 Å². The van der Waals surface area contributed by atoms with Crippen molar-refractivity contribution in [2.24, 2.45) is 0 Å². The van der Waals surface area contributed by atoms with Crippen molar-refractivity contribution in [3.63, 3.8) is 0 Å². The molecule has 4 heteroatoms. The van der Waals surface area contributed by atoms with Crippen molar-refractivity contribution >= 4 is 77.7 Å². The fraction of sp³-hybridized carbons (Fsp3) is 0.0164. The van der Waals surface area contributed by atoms with Gasteiger partial charge in [0.05, 0.1) is 61.3 Å². The second-order valence-corrected chi connectivity index (χ2v) is 33.6. The van der Waals surface area contributed by atoms with Crippen LogP contribution in [-0.2, 0) is 10.8 Å². The molecule has 126 heavy (non-hydrogen) atoms. The van der Waals surface area contributed by atoms with Crippen molar-refractivity contribution < 1.29 is 0 Å². The predicted molar refractivity (Wildman–Crippen MR) is 525 cm³/mol. The van der Waals surface area contributed by atoms with Crippen LogP contribution in [0.5, 0.6) is 0 Å². The monoisotopic (exact) mass is 1600 g/mol. The third-order valence-corrected chi connectivity index (χ3v) is 27.2. The number of hydrogen-bond donors (Lipinski definition) is 0. The highest BCUT2D eigenvalue weighted by molar-refractivity contribution is 6.17. The Labute approximate surface area is 732 Å². The summed E-state index contributed by atoms with van der Waals surface area (Å²) in [4.78, 5) is 5.02. The third kappa shape index (κ3) is 10.9. The van der Waals surface area contributed by atoms with Gasteiger partial charge in [0.2, 0.25) is 0 Å². The summed E-state index contributed by atoms with van der Waals surface area (Å²) < 4.78 is 5.08. The average Bonchev–Trinajstić information content (AvgIpc) is 1.49. The van der Waals surface area contributed by atoms with Gasteiger partial charge in [0, 0.05) is 55.3 Å². The third-order valence-electron chi connectivity index (χ3n) is 27.2. The van der Waals surface area contributed by atoms with E-state index in [2.05, 4.69) is 504 Å². The number of hydrogen-bond acceptors (Lipinski definition) is 2. The van der Waals surface area contributed by atoms with E-state index in [4.69, 9.17) is 0 Å². The first-order valence-electron chi connectivity index (χ1n) is 43.7. The lowest BCUT2D eigenvalue weighted by Gasteiger charge is -2.40. The van der Waals surface area contributed by atoms with Gasteiger partial charge >= 0.3 is 0 Å². The Morgan fingerprint density at radius 2 is 0.413 bits per heavy atom. The van der Waals surface area contributed by atoms with Gasteiger partial charge in [-0.1, -0.05) is 406 Å². The molecule has 0 fully saturated rings. The minimum Gasteiger partial charge on any atom is -0.310 e. The van der Waals surface area contributed by atoms with Gasteiger partial charge in [0.15, 0.2) is 0 Å². The van der Waals surface area contributed by atoms with Gasteiger partial charge in [0.1, 0.15) is 0 Å². The van der Waals surface area contributed by atoms with Crippen molar-refractivity contribution in [1.82, 2.24) is 9.13 Å². The maximum Gasteiger partial charge on any atom is 0.0755 e. The van der Waals surface area contributed by atoms with Crippen LogP contribution in [0.2, 0.25) is 0 Å². The molecular formula is C122H80N4. The summed E-state index contributed by atoms with van der Waals surface area (Å²) in [6, 6.07) is 179. The summed E-state index contributed by atoms with van der Waals surface area (Å²) in [5, 5.41) is 4.96. The molecule has 0 amide bonds. The van der Waals surface area contributed by atoms with Crippen LogP contribution in [-0.4, -0.2) is 9.13 Å². The molecule has 0 bridgehead atoms. The summed E-state index contributed by atoms with van der Waals surface area (Å²) in [6.45, 7) is 0. The number of aromatic nitrogens is 2. The quantitative estimate of drug-likeness (QED) is 0.121. The molecule has 0 atom stereocenters. The molecule has 2 aliphatic heterocycles. The lowest BCUT2D eigenvalue weighted by molar-refractivity contribution is 0.748. The average molecular weight is 1600 g/mol. The second kappa shape index (κ2) is 29.2. The first kappa shape index (κ1) is 72.4. The molecular weight excluding hydrogens is 1520 g/mol. The smallest absolute Gasteiger partial charge is 0.0755 e. The van der Waals surface area contributed by atoms with Crippen LogP contribution < -0.4 is 9.80 Å². The number of rotatable bonds is 12. The highest BCUT2D eigenvalue weighted by Gasteiger charge is 2.53. The molecule has 4 heterocycles. The van der Waals surface area contributed by atoms with Crippen LogP contribution >= 0.6 is 0 Å². The molecule has 2 spiro atoms. The fourth-order valence-corrected chi connectivity index (χ4v) is 22.0. The van der Waals surface area contributed by atoms with E-state index in [1.54, 1.807) is 0 Å². The molecule has 0 unspecified atom stereocenters. The van der Waals surface area contributed by atoms with Gasteiger partial charge in [-0.05, 0) is 196 Å². The van der Waals surface area contributed by atoms with E-state index in [1.807, 2.05) is 0 Å². The molecule has 2 aliphatic carbocycles. The first-order chi connectivity index (χ1) is 62.6. The number of nitrogens with zero attached hydrogens (tertiary/aromatic N) is 4. The van der Waals surface area contributed by atoms with Crippen LogP contribution in [0.15, 0.2) is 485 Å². The Morgan fingerprint density at radius 3 is 0.770 bits per heavy atom. The Kier molecular flexibility index (Phi) is 16.8. The lowest BCUT2D eigenvalue weighted by atomic mass is 9.65. The summed E-state index contributed by atoms with van der Waals surface area (Å²) in [5.74, 6) is 0. The molecule has 0 saturated heterocycles. The molecule has 4 aliphatic rings. The standard InChI is InChI=1S/C67H44N2.C55H36N2/c1-3-19-45(20-4-1)47-35-39-49(40-36-47)52-23-9-15-31-62(52)68(63-32-16-10-24-53(63)50-41-37-48(38-42-50)46-21-5-2-6-22-46)51-43-57-56-27-11-17-33-64(56)69-65-34-18-14-30-60(65)67(61(44-51)66(57)69)58-28-12-7-25-54(58)55-26-8-13-29-59(55)67;1-3-17-37(18-4-1)38-31-33-39(34-32-38)42-21-9-14-28-51(42)56(40-19-5-2-6-20-40)41-35-46-45-24-10-15-29-52(45)57-53-30-16-13-27-49(53)55(50(36-41)54(46)57)47-25-11-7-22-43(47)44-23-8-12-26-48(44)55/h1-44H;1-36H. The highest BCUT2D eigenvalue weighted by Crippen LogP contribution is 2.65. The lowest BCUT2D eigenvalue weighted by Crippen LogP contribution is -2.33. The zero-order valence-electron chi connectivity index (χ0n) is 69.0. The van der Waals surface area contributed by atoms with Crippen LogP contribution in [0.4, 0.5) is 34.1 Å². The Morgan fingerprint density at radius 1 is 0.159 bits per heavy atom. The van der Waals surface area contributed by atoms with Gasteiger partial charge in [0.25, 0.3) is 0 Å². The van der Waals surface area contributed by atoms with Crippen molar-refractivity contribution in [3.8, 4) is 100 Å². The summed E-state index contributed by atoms with van der Waals surface area (Å²) in [7, 11) is 0. The van der Waals surface area contributed by atoms with Crippen LogP contribution in [0, 0.1) is 0 Å². The molecule has 0 radical (unpaired) electrons. The first-order valence-corrected chi connectivity index (χ1v) is 43.7. The Bertz CT molecular complexity index is 7840. The van der Waals surface area contributed by atoms with E-state index >= 15 is 0 Å². The normalized spacial score (nSPS) is 12.9. The maximum atomic E-state index is 2.55. The number of anilines is 6. The molecule has 4 nitrogen and oxygen atoms in total. The van der Waals surface area contributed by atoms with Gasteiger partial charge in [-0.25, -0.2) is 0 Å². The van der Waals surface area contributed by atoms with Gasteiger partial charge in [-0.2, -0.15) is 0 Å². The van der Waals surface area contributed by atoms with E-state index < -0.39 is 10.8 Å². The minimum atomic E-state index is -0.590.